The van der Waals surface area contributed by atoms with E-state index in [1.807, 2.05) is 23.4 Å². The second-order valence-electron chi connectivity index (χ2n) is 7.88. The lowest BCUT2D eigenvalue weighted by Crippen LogP contribution is -2.34. The molecule has 0 radical (unpaired) electrons. The standard InChI is InChI=1S/C20H30N4OS/c1-23-15-21-22-19(23)13-16-9-11-24(12-10-16)14-17-7-8-20(25-17)26-18-5-3-2-4-6-18/h7-8,15-16,18H,2-6,9-14H2,1H3. The van der Waals surface area contributed by atoms with Crippen LogP contribution in [-0.2, 0) is 20.0 Å². The molecule has 0 amide bonds. The lowest BCUT2D eigenvalue weighted by Gasteiger charge is -2.31. The summed E-state index contributed by atoms with van der Waals surface area (Å²) in [5, 5.41) is 10.1. The Bertz CT molecular complexity index is 684. The van der Waals surface area contributed by atoms with E-state index in [4.69, 9.17) is 4.42 Å². The van der Waals surface area contributed by atoms with Crippen LogP contribution in [0.3, 0.4) is 0 Å². The van der Waals surface area contributed by atoms with Gasteiger partial charge in [0.25, 0.3) is 0 Å². The molecule has 1 saturated heterocycles. The first-order valence-corrected chi connectivity index (χ1v) is 10.9. The molecule has 4 rings (SSSR count). The lowest BCUT2D eigenvalue weighted by atomic mass is 9.93. The van der Waals surface area contributed by atoms with Crippen LogP contribution in [0.5, 0.6) is 0 Å². The van der Waals surface area contributed by atoms with Crippen molar-refractivity contribution in [1.82, 2.24) is 19.7 Å². The summed E-state index contributed by atoms with van der Waals surface area (Å²) in [5.41, 5.74) is 0. The van der Waals surface area contributed by atoms with Crippen LogP contribution < -0.4 is 0 Å². The maximum absolute atomic E-state index is 6.12. The summed E-state index contributed by atoms with van der Waals surface area (Å²) < 4.78 is 8.16. The molecule has 2 aliphatic rings. The molecule has 2 fully saturated rings. The zero-order valence-corrected chi connectivity index (χ0v) is 16.6. The molecule has 6 heteroatoms. The van der Waals surface area contributed by atoms with Gasteiger partial charge < -0.3 is 8.98 Å². The molecule has 0 unspecified atom stereocenters. The zero-order valence-electron chi connectivity index (χ0n) is 15.8. The number of rotatable bonds is 6. The molecular weight excluding hydrogens is 344 g/mol. The third-order valence-corrected chi connectivity index (χ3v) is 7.09. The molecule has 26 heavy (non-hydrogen) atoms. The van der Waals surface area contributed by atoms with E-state index in [9.17, 15) is 0 Å². The minimum Gasteiger partial charge on any atom is -0.454 e. The topological polar surface area (TPSA) is 47.1 Å². The van der Waals surface area contributed by atoms with E-state index in [0.29, 0.717) is 0 Å². The molecule has 142 valence electrons. The fraction of sp³-hybridized carbons (Fsp3) is 0.700. The molecule has 0 atom stereocenters. The van der Waals surface area contributed by atoms with Gasteiger partial charge in [-0.15, -0.1) is 10.2 Å². The van der Waals surface area contributed by atoms with Gasteiger partial charge >= 0.3 is 0 Å². The first kappa shape index (κ1) is 18.1. The number of hydrogen-bond acceptors (Lipinski definition) is 5. The van der Waals surface area contributed by atoms with Crippen LogP contribution >= 0.6 is 11.8 Å². The van der Waals surface area contributed by atoms with Crippen LogP contribution in [0.4, 0.5) is 0 Å². The van der Waals surface area contributed by atoms with E-state index in [1.165, 1.54) is 44.9 Å². The third-order valence-electron chi connectivity index (χ3n) is 5.84. The molecular formula is C20H30N4OS. The van der Waals surface area contributed by atoms with Crippen LogP contribution in [0.2, 0.25) is 0 Å². The number of furan rings is 1. The maximum atomic E-state index is 6.12. The third kappa shape index (κ3) is 4.71. The van der Waals surface area contributed by atoms with Crippen molar-refractivity contribution in [3.63, 3.8) is 0 Å². The molecule has 0 aromatic carbocycles. The van der Waals surface area contributed by atoms with Gasteiger partial charge in [0, 0.05) is 18.7 Å². The molecule has 1 aliphatic carbocycles. The summed E-state index contributed by atoms with van der Waals surface area (Å²) in [7, 11) is 2.03. The van der Waals surface area contributed by atoms with E-state index in [2.05, 4.69) is 27.2 Å². The number of aryl methyl sites for hydroxylation is 1. The minimum atomic E-state index is 0.725. The maximum Gasteiger partial charge on any atom is 0.160 e. The van der Waals surface area contributed by atoms with E-state index in [1.54, 1.807) is 6.33 Å². The highest BCUT2D eigenvalue weighted by Crippen LogP contribution is 2.34. The fourth-order valence-electron chi connectivity index (χ4n) is 4.17. The normalized spacial score (nSPS) is 20.7. The van der Waals surface area contributed by atoms with Crippen molar-refractivity contribution >= 4 is 11.8 Å². The van der Waals surface area contributed by atoms with Crippen LogP contribution in [-0.4, -0.2) is 38.0 Å². The summed E-state index contributed by atoms with van der Waals surface area (Å²) in [6.07, 6.45) is 12.2. The first-order chi connectivity index (χ1) is 12.8. The van der Waals surface area contributed by atoms with Gasteiger partial charge in [0.2, 0.25) is 0 Å². The molecule has 0 bridgehead atoms. The quantitative estimate of drug-likeness (QED) is 0.755. The molecule has 2 aromatic rings. The van der Waals surface area contributed by atoms with Crippen molar-refractivity contribution in [3.8, 4) is 0 Å². The van der Waals surface area contributed by atoms with E-state index in [0.717, 1.165) is 53.9 Å². The smallest absolute Gasteiger partial charge is 0.160 e. The number of thioether (sulfide) groups is 1. The molecule has 5 nitrogen and oxygen atoms in total. The van der Waals surface area contributed by atoms with Gasteiger partial charge in [-0.3, -0.25) is 4.90 Å². The van der Waals surface area contributed by atoms with Crippen LogP contribution in [0, 0.1) is 5.92 Å². The summed E-state index contributed by atoms with van der Waals surface area (Å²) in [6, 6.07) is 4.35. The van der Waals surface area contributed by atoms with Gasteiger partial charge in [-0.05, 0) is 56.8 Å². The molecule has 2 aromatic heterocycles. The Labute approximate surface area is 160 Å². The van der Waals surface area contributed by atoms with Crippen LogP contribution in [0.25, 0.3) is 0 Å². The Balaban J connectivity index is 1.22. The molecule has 0 N–H and O–H groups in total. The molecule has 3 heterocycles. The summed E-state index contributed by atoms with van der Waals surface area (Å²) >= 11 is 1.95. The molecule has 0 spiro atoms. The SMILES string of the molecule is Cn1cnnc1CC1CCN(Cc2ccc(SC3CCCCC3)o2)CC1. The minimum absolute atomic E-state index is 0.725. The average molecular weight is 375 g/mol. The van der Waals surface area contributed by atoms with Gasteiger partial charge in [-0.2, -0.15) is 0 Å². The van der Waals surface area contributed by atoms with Crippen molar-refractivity contribution < 1.29 is 4.42 Å². The summed E-state index contributed by atoms with van der Waals surface area (Å²) in [4.78, 5) is 2.53. The van der Waals surface area contributed by atoms with Gasteiger partial charge in [0.1, 0.15) is 17.9 Å². The monoisotopic (exact) mass is 374 g/mol. The first-order valence-electron chi connectivity index (χ1n) is 10.1. The highest BCUT2D eigenvalue weighted by Gasteiger charge is 2.22. The fourth-order valence-corrected chi connectivity index (χ4v) is 5.37. The Kier molecular flexibility index (Phi) is 6.00. The molecule has 1 saturated carbocycles. The predicted molar refractivity (Wildman–Crippen MR) is 104 cm³/mol. The number of hydrogen-bond donors (Lipinski definition) is 0. The Morgan fingerprint density at radius 2 is 1.92 bits per heavy atom. The van der Waals surface area contributed by atoms with Gasteiger partial charge in [0.05, 0.1) is 6.54 Å². The van der Waals surface area contributed by atoms with Gasteiger partial charge in [-0.25, -0.2) is 0 Å². The van der Waals surface area contributed by atoms with Gasteiger partial charge in [0.15, 0.2) is 5.09 Å². The van der Waals surface area contributed by atoms with Crippen molar-refractivity contribution in [3.05, 3.63) is 30.0 Å². The number of nitrogens with zero attached hydrogens (tertiary/aromatic N) is 4. The van der Waals surface area contributed by atoms with E-state index < -0.39 is 0 Å². The van der Waals surface area contributed by atoms with Crippen LogP contribution in [0.1, 0.15) is 56.5 Å². The Morgan fingerprint density at radius 3 is 2.65 bits per heavy atom. The lowest BCUT2D eigenvalue weighted by molar-refractivity contribution is 0.162. The van der Waals surface area contributed by atoms with Crippen molar-refractivity contribution in [2.45, 2.75) is 68.3 Å². The van der Waals surface area contributed by atoms with Crippen molar-refractivity contribution in [2.24, 2.45) is 13.0 Å². The average Bonchev–Trinajstić information content (AvgIpc) is 3.27. The number of piperidine rings is 1. The van der Waals surface area contributed by atoms with E-state index >= 15 is 0 Å². The predicted octanol–water partition coefficient (Wildman–Crippen LogP) is 4.29. The number of likely N-dealkylation sites (tertiary alicyclic amines) is 1. The Hall–Kier alpha value is -1.27. The second kappa shape index (κ2) is 8.61. The zero-order chi connectivity index (χ0) is 17.8. The second-order valence-corrected chi connectivity index (χ2v) is 9.19. The summed E-state index contributed by atoms with van der Waals surface area (Å²) in [6.45, 7) is 3.24. The van der Waals surface area contributed by atoms with Gasteiger partial charge in [-0.1, -0.05) is 31.0 Å². The highest BCUT2D eigenvalue weighted by molar-refractivity contribution is 7.99. The van der Waals surface area contributed by atoms with E-state index in [-0.39, 0.29) is 0 Å². The van der Waals surface area contributed by atoms with Crippen molar-refractivity contribution in [2.75, 3.05) is 13.1 Å². The highest BCUT2D eigenvalue weighted by atomic mass is 32.2. The number of aromatic nitrogens is 3. The van der Waals surface area contributed by atoms with Crippen LogP contribution in [0.15, 0.2) is 28.0 Å². The Morgan fingerprint density at radius 1 is 1.12 bits per heavy atom. The summed E-state index contributed by atoms with van der Waals surface area (Å²) in [5.74, 6) is 2.96. The largest absolute Gasteiger partial charge is 0.454 e. The molecule has 1 aliphatic heterocycles. The van der Waals surface area contributed by atoms with Crippen molar-refractivity contribution in [1.29, 1.82) is 0 Å².